The number of aliphatic carboxylic acids is 1. The predicted molar refractivity (Wildman–Crippen MR) is 81.9 cm³/mol. The van der Waals surface area contributed by atoms with E-state index in [9.17, 15) is 9.59 Å². The van der Waals surface area contributed by atoms with Crippen molar-refractivity contribution in [1.29, 1.82) is 0 Å². The van der Waals surface area contributed by atoms with Gasteiger partial charge in [0.25, 0.3) is 5.91 Å². The Morgan fingerprint density at radius 2 is 2.05 bits per heavy atom. The quantitative estimate of drug-likeness (QED) is 0.792. The van der Waals surface area contributed by atoms with E-state index in [-0.39, 0.29) is 11.3 Å². The summed E-state index contributed by atoms with van der Waals surface area (Å²) in [6, 6.07) is 3.45. The molecule has 110 valence electrons. The largest absolute Gasteiger partial charge is 0.478 e. The molecule has 0 unspecified atom stereocenters. The molecule has 20 heavy (non-hydrogen) atoms. The van der Waals surface area contributed by atoms with Crippen LogP contribution in [0, 0.1) is 11.3 Å². The van der Waals surface area contributed by atoms with E-state index in [4.69, 9.17) is 5.11 Å². The third-order valence-electron chi connectivity index (χ3n) is 3.51. The van der Waals surface area contributed by atoms with Crippen molar-refractivity contribution >= 4 is 29.3 Å². The Labute approximate surface area is 123 Å². The molecule has 0 saturated heterocycles. The molecule has 1 heterocycles. The van der Waals surface area contributed by atoms with Gasteiger partial charge in [-0.3, -0.25) is 4.79 Å². The van der Waals surface area contributed by atoms with Crippen LogP contribution in [-0.2, 0) is 4.79 Å². The maximum absolute atomic E-state index is 12.0. The van der Waals surface area contributed by atoms with Crippen molar-refractivity contribution in [1.82, 2.24) is 5.32 Å². The minimum atomic E-state index is -0.997. The van der Waals surface area contributed by atoms with E-state index in [1.165, 1.54) is 17.4 Å². The fourth-order valence-corrected chi connectivity index (χ4v) is 2.14. The minimum Gasteiger partial charge on any atom is -0.478 e. The van der Waals surface area contributed by atoms with Crippen LogP contribution in [0.3, 0.4) is 0 Å². The Morgan fingerprint density at radius 3 is 2.60 bits per heavy atom. The highest BCUT2D eigenvalue weighted by Crippen LogP contribution is 2.25. The fourth-order valence-electron chi connectivity index (χ4n) is 1.32. The van der Waals surface area contributed by atoms with Crippen molar-refractivity contribution in [2.45, 2.75) is 27.7 Å². The van der Waals surface area contributed by atoms with E-state index in [0.29, 0.717) is 17.3 Å². The highest BCUT2D eigenvalue weighted by atomic mass is 32.1. The van der Waals surface area contributed by atoms with Crippen LogP contribution < -0.4 is 5.32 Å². The Kier molecular flexibility index (Phi) is 5.51. The monoisotopic (exact) mass is 295 g/mol. The maximum Gasteiger partial charge on any atom is 0.328 e. The summed E-state index contributed by atoms with van der Waals surface area (Å²) in [5, 5.41) is 11.5. The molecule has 0 aliphatic rings. The molecule has 1 rings (SSSR count). The Morgan fingerprint density at radius 1 is 1.40 bits per heavy atom. The summed E-state index contributed by atoms with van der Waals surface area (Å²) in [6.07, 6.45) is 2.55. The first-order valence-electron chi connectivity index (χ1n) is 6.51. The molecule has 5 heteroatoms. The van der Waals surface area contributed by atoms with Crippen molar-refractivity contribution in [3.05, 3.63) is 28.0 Å². The molecule has 1 aromatic rings. The Bertz CT molecular complexity index is 515. The van der Waals surface area contributed by atoms with Crippen LogP contribution in [0.25, 0.3) is 6.08 Å². The molecule has 0 bridgehead atoms. The smallest absolute Gasteiger partial charge is 0.328 e. The van der Waals surface area contributed by atoms with Gasteiger partial charge >= 0.3 is 5.97 Å². The van der Waals surface area contributed by atoms with E-state index >= 15 is 0 Å². The zero-order chi connectivity index (χ0) is 15.3. The van der Waals surface area contributed by atoms with Gasteiger partial charge in [-0.05, 0) is 29.5 Å². The lowest BCUT2D eigenvalue weighted by Gasteiger charge is -2.29. The van der Waals surface area contributed by atoms with Crippen LogP contribution >= 0.6 is 11.3 Å². The second kappa shape index (κ2) is 6.70. The van der Waals surface area contributed by atoms with Crippen molar-refractivity contribution in [3.8, 4) is 0 Å². The molecule has 0 atom stereocenters. The summed E-state index contributed by atoms with van der Waals surface area (Å²) < 4.78 is 0. The van der Waals surface area contributed by atoms with Crippen LogP contribution in [-0.4, -0.2) is 23.5 Å². The zero-order valence-corrected chi connectivity index (χ0v) is 13.1. The van der Waals surface area contributed by atoms with Crippen molar-refractivity contribution < 1.29 is 14.7 Å². The van der Waals surface area contributed by atoms with E-state index in [1.54, 1.807) is 12.1 Å². The number of amides is 1. The summed E-state index contributed by atoms with van der Waals surface area (Å²) in [5.74, 6) is -0.637. The van der Waals surface area contributed by atoms with Gasteiger partial charge in [0, 0.05) is 17.5 Å². The van der Waals surface area contributed by atoms with Gasteiger partial charge < -0.3 is 10.4 Å². The molecule has 0 saturated carbocycles. The average Bonchev–Trinajstić information content (AvgIpc) is 2.82. The van der Waals surface area contributed by atoms with Crippen LogP contribution in [0.1, 0.15) is 42.2 Å². The van der Waals surface area contributed by atoms with Crippen LogP contribution in [0.4, 0.5) is 0 Å². The molecule has 0 radical (unpaired) electrons. The second-order valence-electron chi connectivity index (χ2n) is 5.70. The minimum absolute atomic E-state index is 0.0406. The van der Waals surface area contributed by atoms with Gasteiger partial charge in [-0.25, -0.2) is 4.79 Å². The molecule has 0 aliphatic carbocycles. The molecule has 2 N–H and O–H groups in total. The standard InChI is InChI=1S/C15H21NO3S/c1-10(2)15(3,4)9-16-14(19)12-7-5-11(20-12)6-8-13(17)18/h5-8,10H,9H2,1-4H3,(H,16,19)(H,17,18)/b8-6+. The van der Waals surface area contributed by atoms with Crippen molar-refractivity contribution in [3.63, 3.8) is 0 Å². The highest BCUT2D eigenvalue weighted by Gasteiger charge is 2.23. The van der Waals surface area contributed by atoms with Crippen molar-refractivity contribution in [2.75, 3.05) is 6.54 Å². The molecule has 1 amide bonds. The maximum atomic E-state index is 12.0. The van der Waals surface area contributed by atoms with Crippen LogP contribution in [0.2, 0.25) is 0 Å². The third kappa shape index (κ3) is 4.81. The summed E-state index contributed by atoms with van der Waals surface area (Å²) in [4.78, 5) is 23.8. The number of rotatable bonds is 6. The molecule has 1 aromatic heterocycles. The van der Waals surface area contributed by atoms with Gasteiger partial charge in [0.15, 0.2) is 0 Å². The molecule has 0 aromatic carbocycles. The number of carboxylic acids is 1. The SMILES string of the molecule is CC(C)C(C)(C)CNC(=O)c1ccc(/C=C/C(=O)O)s1. The average molecular weight is 295 g/mol. The lowest BCUT2D eigenvalue weighted by atomic mass is 9.81. The number of thiophene rings is 1. The number of nitrogens with one attached hydrogen (secondary N) is 1. The van der Waals surface area contributed by atoms with Gasteiger partial charge in [0.05, 0.1) is 4.88 Å². The summed E-state index contributed by atoms with van der Waals surface area (Å²) in [7, 11) is 0. The molecule has 0 spiro atoms. The molecule has 0 fully saturated rings. The van der Waals surface area contributed by atoms with Gasteiger partial charge in [0.1, 0.15) is 0 Å². The number of hydrogen-bond donors (Lipinski definition) is 2. The molecular formula is C15H21NO3S. The van der Waals surface area contributed by atoms with E-state index in [1.807, 2.05) is 0 Å². The Hall–Kier alpha value is -1.62. The van der Waals surface area contributed by atoms with Gasteiger partial charge in [-0.15, -0.1) is 11.3 Å². The van der Waals surface area contributed by atoms with Gasteiger partial charge in [-0.1, -0.05) is 27.7 Å². The normalized spacial score (nSPS) is 12.1. The summed E-state index contributed by atoms with van der Waals surface area (Å²) >= 11 is 1.28. The summed E-state index contributed by atoms with van der Waals surface area (Å²) in [6.45, 7) is 9.11. The second-order valence-corrected chi connectivity index (χ2v) is 6.81. The third-order valence-corrected chi connectivity index (χ3v) is 4.56. The van der Waals surface area contributed by atoms with Gasteiger partial charge in [-0.2, -0.15) is 0 Å². The van der Waals surface area contributed by atoms with Gasteiger partial charge in [0.2, 0.25) is 0 Å². The van der Waals surface area contributed by atoms with E-state index in [0.717, 1.165) is 11.0 Å². The Balaban J connectivity index is 2.63. The number of carboxylic acid groups (broad SMARTS) is 1. The number of carbonyl (C=O) groups is 2. The zero-order valence-electron chi connectivity index (χ0n) is 12.3. The van der Waals surface area contributed by atoms with Crippen molar-refractivity contribution in [2.24, 2.45) is 11.3 Å². The first kappa shape index (κ1) is 16.4. The first-order chi connectivity index (χ1) is 9.22. The lowest BCUT2D eigenvalue weighted by molar-refractivity contribution is -0.131. The molecule has 0 aliphatic heterocycles. The first-order valence-corrected chi connectivity index (χ1v) is 7.33. The lowest BCUT2D eigenvalue weighted by Crippen LogP contribution is -2.36. The molecule has 4 nitrogen and oxygen atoms in total. The fraction of sp³-hybridized carbons (Fsp3) is 0.467. The van der Waals surface area contributed by atoms with Crippen LogP contribution in [0.5, 0.6) is 0 Å². The number of carbonyl (C=O) groups excluding carboxylic acids is 1. The van der Waals surface area contributed by atoms with Crippen LogP contribution in [0.15, 0.2) is 18.2 Å². The molecular weight excluding hydrogens is 274 g/mol. The van der Waals surface area contributed by atoms with E-state index in [2.05, 4.69) is 33.0 Å². The summed E-state index contributed by atoms with van der Waals surface area (Å²) in [5.41, 5.74) is 0.0406. The predicted octanol–water partition coefficient (Wildman–Crippen LogP) is 3.26. The topological polar surface area (TPSA) is 66.4 Å². The number of hydrogen-bond acceptors (Lipinski definition) is 3. The van der Waals surface area contributed by atoms with E-state index < -0.39 is 5.97 Å². The highest BCUT2D eigenvalue weighted by molar-refractivity contribution is 7.14.